The fourth-order valence-corrected chi connectivity index (χ4v) is 3.36. The molecule has 1 saturated carbocycles. The van der Waals surface area contributed by atoms with E-state index in [1.807, 2.05) is 0 Å². The molecule has 0 aromatic rings. The number of hydrogen-bond acceptors (Lipinski definition) is 2. The molecule has 0 radical (unpaired) electrons. The molecule has 1 saturated heterocycles. The number of nitrogens with one attached hydrogen (secondary N) is 1. The van der Waals surface area contributed by atoms with Crippen LogP contribution in [0.3, 0.4) is 0 Å². The first-order chi connectivity index (χ1) is 9.12. The van der Waals surface area contributed by atoms with Crippen molar-refractivity contribution in [2.75, 3.05) is 13.2 Å². The average molecular weight is 275 g/mol. The molecule has 1 atom stereocenters. The molecule has 1 aliphatic heterocycles. The normalized spacial score (nSPS) is 26.6. The Bertz CT molecular complexity index is 296. The van der Waals surface area contributed by atoms with Crippen LogP contribution < -0.4 is 5.32 Å². The van der Waals surface area contributed by atoms with Gasteiger partial charge in [0.1, 0.15) is 0 Å². The molecule has 3 nitrogen and oxygen atoms in total. The maximum absolute atomic E-state index is 12.1. The molecule has 5 heteroatoms. The number of hydrogen-bond donors (Lipinski definition) is 1. The molecule has 19 heavy (non-hydrogen) atoms. The third-order valence-corrected chi connectivity index (χ3v) is 4.45. The van der Waals surface area contributed by atoms with Crippen LogP contribution in [0.2, 0.25) is 0 Å². The number of alkyl halides is 2. The van der Waals surface area contributed by atoms with Crippen LogP contribution >= 0.6 is 0 Å². The van der Waals surface area contributed by atoms with Crippen LogP contribution in [0.1, 0.15) is 51.4 Å². The topological polar surface area (TPSA) is 38.3 Å². The smallest absolute Gasteiger partial charge is 0.239 e. The van der Waals surface area contributed by atoms with Crippen molar-refractivity contribution in [2.24, 2.45) is 5.41 Å². The van der Waals surface area contributed by atoms with Gasteiger partial charge in [0, 0.05) is 30.9 Å². The highest BCUT2D eigenvalue weighted by Crippen LogP contribution is 2.42. The fraction of sp³-hybridized carbons (Fsp3) is 0.929. The van der Waals surface area contributed by atoms with Crippen molar-refractivity contribution in [3.05, 3.63) is 0 Å². The molecule has 110 valence electrons. The Morgan fingerprint density at radius 2 is 2.05 bits per heavy atom. The van der Waals surface area contributed by atoms with Crippen LogP contribution in [0.15, 0.2) is 0 Å². The van der Waals surface area contributed by atoms with Crippen molar-refractivity contribution in [3.63, 3.8) is 0 Å². The summed E-state index contributed by atoms with van der Waals surface area (Å²) in [7, 11) is 0. The second kappa shape index (κ2) is 6.64. The van der Waals surface area contributed by atoms with Gasteiger partial charge in [0.25, 0.3) is 0 Å². The highest BCUT2D eigenvalue weighted by Gasteiger charge is 2.42. The molecule has 1 amide bonds. The van der Waals surface area contributed by atoms with Crippen LogP contribution in [0, 0.1) is 5.41 Å². The molecule has 2 aliphatic rings. The van der Waals surface area contributed by atoms with E-state index in [2.05, 4.69) is 5.32 Å². The number of carbonyl (C=O) groups is 1. The minimum atomic E-state index is -2.40. The lowest BCUT2D eigenvalue weighted by atomic mass is 9.67. The zero-order chi connectivity index (χ0) is 13.7. The molecular weight excluding hydrogens is 252 g/mol. The third-order valence-electron chi connectivity index (χ3n) is 4.45. The minimum Gasteiger partial charge on any atom is -0.381 e. The number of halogens is 2. The average Bonchev–Trinajstić information content (AvgIpc) is 2.40. The fourth-order valence-electron chi connectivity index (χ4n) is 3.36. The minimum absolute atomic E-state index is 0.0526. The molecule has 0 bridgehead atoms. The first-order valence-electron chi connectivity index (χ1n) is 7.28. The second-order valence-corrected chi connectivity index (χ2v) is 5.81. The molecule has 1 N–H and O–H groups in total. The van der Waals surface area contributed by atoms with E-state index in [0.717, 1.165) is 19.3 Å². The van der Waals surface area contributed by atoms with E-state index in [9.17, 15) is 13.6 Å². The number of carbonyl (C=O) groups excluding carboxylic acids is 1. The summed E-state index contributed by atoms with van der Waals surface area (Å²) in [6, 6.07) is 0.103. The Morgan fingerprint density at radius 3 is 2.74 bits per heavy atom. The molecule has 2 fully saturated rings. The predicted octanol–water partition coefficient (Wildman–Crippen LogP) is 2.89. The van der Waals surface area contributed by atoms with Gasteiger partial charge in [0.15, 0.2) is 0 Å². The molecule has 0 aromatic carbocycles. The van der Waals surface area contributed by atoms with Crippen molar-refractivity contribution in [1.29, 1.82) is 0 Å². The van der Waals surface area contributed by atoms with E-state index in [1.54, 1.807) is 0 Å². The van der Waals surface area contributed by atoms with Gasteiger partial charge in [-0.05, 0) is 19.3 Å². The Hall–Kier alpha value is -0.710. The van der Waals surface area contributed by atoms with Gasteiger partial charge < -0.3 is 10.1 Å². The quantitative estimate of drug-likeness (QED) is 0.856. The van der Waals surface area contributed by atoms with Crippen LogP contribution in [0.4, 0.5) is 8.78 Å². The van der Waals surface area contributed by atoms with E-state index in [4.69, 9.17) is 4.74 Å². The zero-order valence-electron chi connectivity index (χ0n) is 11.3. The van der Waals surface area contributed by atoms with Crippen molar-refractivity contribution in [2.45, 2.75) is 63.8 Å². The summed E-state index contributed by atoms with van der Waals surface area (Å²) in [5.74, 6) is -0.239. The first kappa shape index (κ1) is 14.7. The Morgan fingerprint density at radius 1 is 1.32 bits per heavy atom. The number of rotatable bonds is 4. The van der Waals surface area contributed by atoms with Crippen molar-refractivity contribution in [3.8, 4) is 0 Å². The van der Waals surface area contributed by atoms with E-state index < -0.39 is 6.43 Å². The van der Waals surface area contributed by atoms with Gasteiger partial charge >= 0.3 is 0 Å². The van der Waals surface area contributed by atoms with Crippen LogP contribution in [0.5, 0.6) is 0 Å². The van der Waals surface area contributed by atoms with Crippen LogP contribution in [-0.4, -0.2) is 31.6 Å². The molecule has 2 rings (SSSR count). The summed E-state index contributed by atoms with van der Waals surface area (Å²) in [4.78, 5) is 11.8. The molecule has 1 unspecified atom stereocenters. The van der Waals surface area contributed by atoms with Gasteiger partial charge in [0.2, 0.25) is 12.3 Å². The standard InChI is InChI=1S/C14H23F2NO2/c15-12(16)4-5-13(18)17-11-6-9-19-10-14(11)7-2-1-3-8-14/h11-12H,1-10H2,(H,17,18). The largest absolute Gasteiger partial charge is 0.381 e. The van der Waals surface area contributed by atoms with Gasteiger partial charge in [0.05, 0.1) is 6.61 Å². The number of ether oxygens (including phenoxy) is 1. The lowest BCUT2D eigenvalue weighted by Crippen LogP contribution is -2.54. The molecule has 1 heterocycles. The molecule has 1 spiro atoms. The monoisotopic (exact) mass is 275 g/mol. The van der Waals surface area contributed by atoms with Crippen molar-refractivity contribution in [1.82, 2.24) is 5.32 Å². The van der Waals surface area contributed by atoms with E-state index in [0.29, 0.717) is 13.2 Å². The lowest BCUT2D eigenvalue weighted by molar-refractivity contribution is -0.126. The molecular formula is C14H23F2NO2. The molecule has 0 aromatic heterocycles. The van der Waals surface area contributed by atoms with Crippen LogP contribution in [-0.2, 0) is 9.53 Å². The van der Waals surface area contributed by atoms with Crippen LogP contribution in [0.25, 0.3) is 0 Å². The highest BCUT2D eigenvalue weighted by atomic mass is 19.3. The summed E-state index contributed by atoms with van der Waals surface area (Å²) >= 11 is 0. The predicted molar refractivity (Wildman–Crippen MR) is 68.1 cm³/mol. The lowest BCUT2D eigenvalue weighted by Gasteiger charge is -2.46. The maximum Gasteiger partial charge on any atom is 0.239 e. The van der Waals surface area contributed by atoms with Gasteiger partial charge in [-0.3, -0.25) is 4.79 Å². The molecule has 1 aliphatic carbocycles. The van der Waals surface area contributed by atoms with Gasteiger partial charge in [-0.1, -0.05) is 19.3 Å². The maximum atomic E-state index is 12.1. The number of amides is 1. The van der Waals surface area contributed by atoms with E-state index in [-0.39, 0.29) is 30.2 Å². The summed E-state index contributed by atoms with van der Waals surface area (Å²) in [5, 5.41) is 2.98. The van der Waals surface area contributed by atoms with E-state index >= 15 is 0 Å². The van der Waals surface area contributed by atoms with Gasteiger partial charge in [-0.2, -0.15) is 0 Å². The Balaban J connectivity index is 1.90. The third kappa shape index (κ3) is 3.88. The highest BCUT2D eigenvalue weighted by molar-refractivity contribution is 5.76. The van der Waals surface area contributed by atoms with Crippen molar-refractivity contribution >= 4 is 5.91 Å². The SMILES string of the molecule is O=C(CCC(F)F)NC1CCOCC12CCCCC2. The van der Waals surface area contributed by atoms with E-state index in [1.165, 1.54) is 19.3 Å². The Kier molecular flexibility index (Phi) is 5.13. The van der Waals surface area contributed by atoms with Crippen molar-refractivity contribution < 1.29 is 18.3 Å². The summed E-state index contributed by atoms with van der Waals surface area (Å²) < 4.78 is 29.8. The summed E-state index contributed by atoms with van der Waals surface area (Å²) in [6.45, 7) is 1.36. The van der Waals surface area contributed by atoms with Gasteiger partial charge in [-0.25, -0.2) is 8.78 Å². The first-order valence-corrected chi connectivity index (χ1v) is 7.28. The summed E-state index contributed by atoms with van der Waals surface area (Å²) in [6.07, 6.45) is 3.73. The second-order valence-electron chi connectivity index (χ2n) is 5.81. The zero-order valence-corrected chi connectivity index (χ0v) is 11.3. The summed E-state index contributed by atoms with van der Waals surface area (Å²) in [5.41, 5.74) is 0.0526. The van der Waals surface area contributed by atoms with Gasteiger partial charge in [-0.15, -0.1) is 0 Å². The Labute approximate surface area is 113 Å².